The average molecular weight is 246 g/mol. The van der Waals surface area contributed by atoms with Gasteiger partial charge in [0.05, 0.1) is 5.56 Å². The SMILES string of the molecule is CCNc1cc(C)ccc1C(=O)N(C)C1CCC1. The van der Waals surface area contributed by atoms with Crippen molar-refractivity contribution in [3.05, 3.63) is 29.3 Å². The van der Waals surface area contributed by atoms with E-state index in [-0.39, 0.29) is 5.91 Å². The van der Waals surface area contributed by atoms with Crippen LogP contribution in [0.3, 0.4) is 0 Å². The van der Waals surface area contributed by atoms with Crippen LogP contribution < -0.4 is 5.32 Å². The lowest BCUT2D eigenvalue weighted by atomic mass is 9.91. The van der Waals surface area contributed by atoms with Crippen LogP contribution in [0.15, 0.2) is 18.2 Å². The van der Waals surface area contributed by atoms with Crippen molar-refractivity contribution in [1.29, 1.82) is 0 Å². The van der Waals surface area contributed by atoms with Gasteiger partial charge in [-0.2, -0.15) is 0 Å². The van der Waals surface area contributed by atoms with Crippen molar-refractivity contribution < 1.29 is 4.79 Å². The quantitative estimate of drug-likeness (QED) is 0.885. The van der Waals surface area contributed by atoms with Gasteiger partial charge in [0.2, 0.25) is 0 Å². The number of hydrogen-bond donors (Lipinski definition) is 1. The molecule has 1 aliphatic carbocycles. The molecule has 98 valence electrons. The molecule has 1 N–H and O–H groups in total. The zero-order valence-electron chi connectivity index (χ0n) is 11.5. The molecular weight excluding hydrogens is 224 g/mol. The fourth-order valence-electron chi connectivity index (χ4n) is 2.31. The normalized spacial score (nSPS) is 15.1. The van der Waals surface area contributed by atoms with Gasteiger partial charge in [0.25, 0.3) is 5.91 Å². The van der Waals surface area contributed by atoms with E-state index in [2.05, 4.69) is 5.32 Å². The highest BCUT2D eigenvalue weighted by Gasteiger charge is 2.27. The molecule has 0 atom stereocenters. The number of benzene rings is 1. The Balaban J connectivity index is 2.22. The lowest BCUT2D eigenvalue weighted by molar-refractivity contribution is 0.0653. The van der Waals surface area contributed by atoms with Gasteiger partial charge in [0.15, 0.2) is 0 Å². The maximum atomic E-state index is 12.5. The summed E-state index contributed by atoms with van der Waals surface area (Å²) in [7, 11) is 1.92. The number of amides is 1. The largest absolute Gasteiger partial charge is 0.385 e. The monoisotopic (exact) mass is 246 g/mol. The highest BCUT2D eigenvalue weighted by molar-refractivity contribution is 5.99. The molecule has 1 aliphatic rings. The molecule has 1 amide bonds. The number of carbonyl (C=O) groups excluding carboxylic acids is 1. The molecule has 0 unspecified atom stereocenters. The van der Waals surface area contributed by atoms with Crippen molar-refractivity contribution >= 4 is 11.6 Å². The van der Waals surface area contributed by atoms with Crippen LogP contribution in [0.2, 0.25) is 0 Å². The van der Waals surface area contributed by atoms with Gasteiger partial charge in [-0.1, -0.05) is 6.07 Å². The van der Waals surface area contributed by atoms with Gasteiger partial charge in [0, 0.05) is 25.3 Å². The predicted molar refractivity (Wildman–Crippen MR) is 75.1 cm³/mol. The zero-order valence-corrected chi connectivity index (χ0v) is 11.5. The molecule has 1 aromatic carbocycles. The van der Waals surface area contributed by atoms with Crippen LogP contribution in [0.25, 0.3) is 0 Å². The zero-order chi connectivity index (χ0) is 13.1. The molecule has 1 aromatic rings. The molecule has 0 aliphatic heterocycles. The Kier molecular flexibility index (Phi) is 3.90. The maximum Gasteiger partial charge on any atom is 0.255 e. The van der Waals surface area contributed by atoms with Crippen LogP contribution in [0.4, 0.5) is 5.69 Å². The third-order valence-corrected chi connectivity index (χ3v) is 3.72. The summed E-state index contributed by atoms with van der Waals surface area (Å²) in [6, 6.07) is 6.42. The molecule has 3 heteroatoms. The van der Waals surface area contributed by atoms with E-state index < -0.39 is 0 Å². The summed E-state index contributed by atoms with van der Waals surface area (Å²) in [6.07, 6.45) is 3.53. The summed E-state index contributed by atoms with van der Waals surface area (Å²) in [4.78, 5) is 14.4. The summed E-state index contributed by atoms with van der Waals surface area (Å²) in [6.45, 7) is 4.92. The van der Waals surface area contributed by atoms with E-state index in [0.29, 0.717) is 6.04 Å². The summed E-state index contributed by atoms with van der Waals surface area (Å²) < 4.78 is 0. The van der Waals surface area contributed by atoms with Gasteiger partial charge < -0.3 is 10.2 Å². The van der Waals surface area contributed by atoms with Crippen molar-refractivity contribution in [3.8, 4) is 0 Å². The predicted octanol–water partition coefficient (Wildman–Crippen LogP) is 3.05. The molecule has 1 fully saturated rings. The molecule has 1 saturated carbocycles. The van der Waals surface area contributed by atoms with Crippen molar-refractivity contribution in [2.24, 2.45) is 0 Å². The Labute approximate surface area is 109 Å². The van der Waals surface area contributed by atoms with E-state index in [1.165, 1.54) is 12.0 Å². The molecule has 18 heavy (non-hydrogen) atoms. The first-order valence-corrected chi connectivity index (χ1v) is 6.75. The third kappa shape index (κ3) is 2.50. The lowest BCUT2D eigenvalue weighted by Gasteiger charge is -2.35. The van der Waals surface area contributed by atoms with E-state index in [9.17, 15) is 4.79 Å². The Morgan fingerprint density at radius 2 is 2.17 bits per heavy atom. The molecule has 0 radical (unpaired) electrons. The van der Waals surface area contributed by atoms with Crippen LogP contribution in [-0.2, 0) is 0 Å². The van der Waals surface area contributed by atoms with Gasteiger partial charge >= 0.3 is 0 Å². The Morgan fingerprint density at radius 1 is 1.44 bits per heavy atom. The van der Waals surface area contributed by atoms with Crippen molar-refractivity contribution in [2.45, 2.75) is 39.2 Å². The van der Waals surface area contributed by atoms with E-state index in [1.54, 1.807) is 0 Å². The fraction of sp³-hybridized carbons (Fsp3) is 0.533. The van der Waals surface area contributed by atoms with Gasteiger partial charge in [-0.25, -0.2) is 0 Å². The van der Waals surface area contributed by atoms with Crippen LogP contribution in [-0.4, -0.2) is 30.4 Å². The molecule has 2 rings (SSSR count). The van der Waals surface area contributed by atoms with E-state index in [4.69, 9.17) is 0 Å². The van der Waals surface area contributed by atoms with E-state index >= 15 is 0 Å². The fourth-order valence-corrected chi connectivity index (χ4v) is 2.31. The van der Waals surface area contributed by atoms with Gasteiger partial charge in [-0.3, -0.25) is 4.79 Å². The topological polar surface area (TPSA) is 32.3 Å². The Bertz CT molecular complexity index is 438. The van der Waals surface area contributed by atoms with Crippen LogP contribution in [0.1, 0.15) is 42.1 Å². The smallest absolute Gasteiger partial charge is 0.255 e. The second-order valence-electron chi connectivity index (χ2n) is 5.08. The minimum absolute atomic E-state index is 0.135. The second-order valence-corrected chi connectivity index (χ2v) is 5.08. The standard InChI is InChI=1S/C15H22N2O/c1-4-16-14-10-11(2)8-9-13(14)15(18)17(3)12-6-5-7-12/h8-10,12,16H,4-7H2,1-3H3. The van der Waals surface area contributed by atoms with Gasteiger partial charge in [-0.05, 0) is 50.8 Å². The maximum absolute atomic E-state index is 12.5. The number of nitrogens with one attached hydrogen (secondary N) is 1. The molecular formula is C15H22N2O. The number of nitrogens with zero attached hydrogens (tertiary/aromatic N) is 1. The first-order valence-electron chi connectivity index (χ1n) is 6.75. The van der Waals surface area contributed by atoms with Crippen molar-refractivity contribution in [1.82, 2.24) is 4.90 Å². The lowest BCUT2D eigenvalue weighted by Crippen LogP contribution is -2.41. The number of anilines is 1. The molecule has 0 spiro atoms. The van der Waals surface area contributed by atoms with Crippen LogP contribution in [0, 0.1) is 6.92 Å². The van der Waals surface area contributed by atoms with Crippen LogP contribution >= 0.6 is 0 Å². The first-order chi connectivity index (χ1) is 8.63. The molecule has 0 heterocycles. The summed E-state index contributed by atoms with van der Waals surface area (Å²) in [5.41, 5.74) is 2.92. The van der Waals surface area contributed by atoms with Crippen molar-refractivity contribution in [3.63, 3.8) is 0 Å². The number of rotatable bonds is 4. The highest BCUT2D eigenvalue weighted by atomic mass is 16.2. The number of aryl methyl sites for hydroxylation is 1. The summed E-state index contributed by atoms with van der Waals surface area (Å²) in [5.74, 6) is 0.135. The average Bonchev–Trinajstić information content (AvgIpc) is 2.26. The molecule has 3 nitrogen and oxygen atoms in total. The Hall–Kier alpha value is -1.51. The van der Waals surface area contributed by atoms with E-state index in [0.717, 1.165) is 30.6 Å². The third-order valence-electron chi connectivity index (χ3n) is 3.72. The second kappa shape index (κ2) is 5.42. The minimum atomic E-state index is 0.135. The summed E-state index contributed by atoms with van der Waals surface area (Å²) in [5, 5.41) is 3.28. The minimum Gasteiger partial charge on any atom is -0.385 e. The highest BCUT2D eigenvalue weighted by Crippen LogP contribution is 2.27. The van der Waals surface area contributed by atoms with Crippen molar-refractivity contribution in [2.75, 3.05) is 18.9 Å². The molecule has 0 saturated heterocycles. The number of hydrogen-bond acceptors (Lipinski definition) is 2. The van der Waals surface area contributed by atoms with Gasteiger partial charge in [-0.15, -0.1) is 0 Å². The molecule has 0 bridgehead atoms. The van der Waals surface area contributed by atoms with E-state index in [1.807, 2.05) is 44.0 Å². The van der Waals surface area contributed by atoms with Gasteiger partial charge in [0.1, 0.15) is 0 Å². The number of carbonyl (C=O) groups is 1. The summed E-state index contributed by atoms with van der Waals surface area (Å²) >= 11 is 0. The first kappa shape index (κ1) is 12.9. The molecule has 0 aromatic heterocycles. The van der Waals surface area contributed by atoms with Crippen LogP contribution in [0.5, 0.6) is 0 Å². The Morgan fingerprint density at radius 3 is 2.72 bits per heavy atom.